The lowest BCUT2D eigenvalue weighted by Crippen LogP contribution is -2.33. The molecule has 0 spiro atoms. The standard InChI is InChI=1S/C16H19NOS/c1-11-8-18-15-6-4-3-5-14(15)16(11)17-7-13-10-19-9-12(13)2/h3-6,9-11,16-17H,7-8H2,1-2H3. The lowest BCUT2D eigenvalue weighted by molar-refractivity contribution is 0.188. The Morgan fingerprint density at radius 1 is 1.32 bits per heavy atom. The average molecular weight is 273 g/mol. The van der Waals surface area contributed by atoms with Crippen LogP contribution >= 0.6 is 11.3 Å². The van der Waals surface area contributed by atoms with Crippen molar-refractivity contribution in [3.8, 4) is 5.75 Å². The van der Waals surface area contributed by atoms with Crippen molar-refractivity contribution < 1.29 is 4.74 Å². The third kappa shape index (κ3) is 2.53. The van der Waals surface area contributed by atoms with Crippen molar-refractivity contribution in [3.63, 3.8) is 0 Å². The number of hydrogen-bond donors (Lipinski definition) is 1. The molecular weight excluding hydrogens is 254 g/mol. The Balaban J connectivity index is 1.78. The summed E-state index contributed by atoms with van der Waals surface area (Å²) in [5.41, 5.74) is 4.07. The van der Waals surface area contributed by atoms with Crippen LogP contribution in [-0.2, 0) is 6.54 Å². The molecule has 3 heteroatoms. The molecule has 2 nitrogen and oxygen atoms in total. The van der Waals surface area contributed by atoms with Crippen LogP contribution in [0.1, 0.15) is 29.7 Å². The second-order valence-electron chi connectivity index (χ2n) is 5.26. The zero-order valence-corrected chi connectivity index (χ0v) is 12.2. The van der Waals surface area contributed by atoms with E-state index < -0.39 is 0 Å². The van der Waals surface area contributed by atoms with E-state index in [2.05, 4.69) is 48.1 Å². The Hall–Kier alpha value is -1.32. The number of thiophene rings is 1. The molecule has 2 aromatic rings. The van der Waals surface area contributed by atoms with Gasteiger partial charge in [-0.05, 0) is 34.9 Å². The van der Waals surface area contributed by atoms with Crippen LogP contribution in [0.15, 0.2) is 35.0 Å². The van der Waals surface area contributed by atoms with Crippen LogP contribution in [-0.4, -0.2) is 6.61 Å². The first-order valence-electron chi connectivity index (χ1n) is 6.72. The topological polar surface area (TPSA) is 21.3 Å². The van der Waals surface area contributed by atoms with Crippen LogP contribution in [0.2, 0.25) is 0 Å². The molecule has 19 heavy (non-hydrogen) atoms. The predicted molar refractivity (Wildman–Crippen MR) is 79.7 cm³/mol. The minimum Gasteiger partial charge on any atom is -0.493 e. The summed E-state index contributed by atoms with van der Waals surface area (Å²) in [6.07, 6.45) is 0. The maximum absolute atomic E-state index is 5.79. The van der Waals surface area contributed by atoms with E-state index in [1.54, 1.807) is 11.3 Å². The van der Waals surface area contributed by atoms with Gasteiger partial charge in [0.2, 0.25) is 0 Å². The normalized spacial score (nSPS) is 21.8. The lowest BCUT2D eigenvalue weighted by atomic mass is 9.92. The third-order valence-corrected chi connectivity index (χ3v) is 4.71. The van der Waals surface area contributed by atoms with E-state index in [0.29, 0.717) is 12.0 Å². The van der Waals surface area contributed by atoms with Gasteiger partial charge in [0.1, 0.15) is 5.75 Å². The summed E-state index contributed by atoms with van der Waals surface area (Å²) in [4.78, 5) is 0. The van der Waals surface area contributed by atoms with Gasteiger partial charge in [0, 0.05) is 24.1 Å². The van der Waals surface area contributed by atoms with Crippen molar-refractivity contribution in [3.05, 3.63) is 51.7 Å². The van der Waals surface area contributed by atoms with Crippen LogP contribution < -0.4 is 10.1 Å². The van der Waals surface area contributed by atoms with E-state index >= 15 is 0 Å². The van der Waals surface area contributed by atoms with Gasteiger partial charge in [0.25, 0.3) is 0 Å². The highest BCUT2D eigenvalue weighted by atomic mass is 32.1. The number of aryl methyl sites for hydroxylation is 1. The number of hydrogen-bond acceptors (Lipinski definition) is 3. The van der Waals surface area contributed by atoms with Crippen molar-refractivity contribution in [2.45, 2.75) is 26.4 Å². The minimum atomic E-state index is 0.379. The van der Waals surface area contributed by atoms with E-state index in [1.807, 2.05) is 6.07 Å². The summed E-state index contributed by atoms with van der Waals surface area (Å²) in [6, 6.07) is 8.73. The van der Waals surface area contributed by atoms with E-state index in [1.165, 1.54) is 16.7 Å². The maximum atomic E-state index is 5.79. The molecule has 100 valence electrons. The molecule has 1 aromatic heterocycles. The molecule has 2 atom stereocenters. The fourth-order valence-electron chi connectivity index (χ4n) is 2.59. The molecule has 2 heterocycles. The number of nitrogens with one attached hydrogen (secondary N) is 1. The summed E-state index contributed by atoms with van der Waals surface area (Å²) in [6.45, 7) is 6.14. The maximum Gasteiger partial charge on any atom is 0.124 e. The van der Waals surface area contributed by atoms with E-state index in [0.717, 1.165) is 18.9 Å². The number of ether oxygens (including phenoxy) is 1. The van der Waals surface area contributed by atoms with Gasteiger partial charge in [-0.2, -0.15) is 11.3 Å². The van der Waals surface area contributed by atoms with Gasteiger partial charge in [-0.25, -0.2) is 0 Å². The summed E-state index contributed by atoms with van der Waals surface area (Å²) in [5, 5.41) is 8.14. The fourth-order valence-corrected chi connectivity index (χ4v) is 3.45. The Morgan fingerprint density at radius 2 is 2.16 bits per heavy atom. The van der Waals surface area contributed by atoms with Crippen molar-refractivity contribution >= 4 is 11.3 Å². The van der Waals surface area contributed by atoms with Crippen molar-refractivity contribution in [1.29, 1.82) is 0 Å². The Labute approximate surface area is 118 Å². The van der Waals surface area contributed by atoms with Crippen molar-refractivity contribution in [2.24, 2.45) is 5.92 Å². The Morgan fingerprint density at radius 3 is 2.95 bits per heavy atom. The van der Waals surface area contributed by atoms with Crippen LogP contribution in [0.4, 0.5) is 0 Å². The van der Waals surface area contributed by atoms with Gasteiger partial charge in [0.15, 0.2) is 0 Å². The van der Waals surface area contributed by atoms with Crippen molar-refractivity contribution in [1.82, 2.24) is 5.32 Å². The molecule has 0 saturated heterocycles. The van der Waals surface area contributed by atoms with Gasteiger partial charge < -0.3 is 10.1 Å². The number of fused-ring (bicyclic) bond motifs is 1. The first kappa shape index (κ1) is 12.7. The van der Waals surface area contributed by atoms with E-state index in [4.69, 9.17) is 4.74 Å². The number of benzene rings is 1. The Kier molecular flexibility index (Phi) is 3.58. The minimum absolute atomic E-state index is 0.379. The highest BCUT2D eigenvalue weighted by Crippen LogP contribution is 2.35. The quantitative estimate of drug-likeness (QED) is 0.915. The molecule has 2 unspecified atom stereocenters. The highest BCUT2D eigenvalue weighted by molar-refractivity contribution is 7.08. The van der Waals surface area contributed by atoms with Gasteiger partial charge in [0.05, 0.1) is 6.61 Å². The molecule has 0 saturated carbocycles. The summed E-state index contributed by atoms with van der Waals surface area (Å²) >= 11 is 1.77. The first-order chi connectivity index (χ1) is 9.25. The molecule has 0 fully saturated rings. The average Bonchev–Trinajstić information content (AvgIpc) is 2.83. The molecule has 1 aromatic carbocycles. The second-order valence-corrected chi connectivity index (χ2v) is 6.01. The molecule has 1 aliphatic rings. The largest absolute Gasteiger partial charge is 0.493 e. The molecule has 3 rings (SSSR count). The molecule has 0 bridgehead atoms. The highest BCUT2D eigenvalue weighted by Gasteiger charge is 2.27. The summed E-state index contributed by atoms with van der Waals surface area (Å²) < 4.78 is 5.79. The second kappa shape index (κ2) is 5.35. The van der Waals surface area contributed by atoms with Gasteiger partial charge >= 0.3 is 0 Å². The van der Waals surface area contributed by atoms with E-state index in [9.17, 15) is 0 Å². The zero-order valence-electron chi connectivity index (χ0n) is 11.3. The molecule has 0 radical (unpaired) electrons. The van der Waals surface area contributed by atoms with Gasteiger partial charge in [-0.3, -0.25) is 0 Å². The SMILES string of the molecule is Cc1cscc1CNC1c2ccccc2OCC1C. The Bertz CT molecular complexity index is 563. The zero-order chi connectivity index (χ0) is 13.2. The van der Waals surface area contributed by atoms with Crippen LogP contribution in [0.25, 0.3) is 0 Å². The monoisotopic (exact) mass is 273 g/mol. The van der Waals surface area contributed by atoms with Crippen LogP contribution in [0, 0.1) is 12.8 Å². The predicted octanol–water partition coefficient (Wildman–Crippen LogP) is 3.92. The smallest absolute Gasteiger partial charge is 0.124 e. The van der Waals surface area contributed by atoms with Crippen LogP contribution in [0.5, 0.6) is 5.75 Å². The van der Waals surface area contributed by atoms with Crippen LogP contribution in [0.3, 0.4) is 0 Å². The molecule has 1 aliphatic heterocycles. The summed E-state index contributed by atoms with van der Waals surface area (Å²) in [5.74, 6) is 1.52. The lowest BCUT2D eigenvalue weighted by Gasteiger charge is -2.32. The van der Waals surface area contributed by atoms with Crippen molar-refractivity contribution in [2.75, 3.05) is 6.61 Å². The number of para-hydroxylation sites is 1. The molecular formula is C16H19NOS. The van der Waals surface area contributed by atoms with E-state index in [-0.39, 0.29) is 0 Å². The number of rotatable bonds is 3. The summed E-state index contributed by atoms with van der Waals surface area (Å²) in [7, 11) is 0. The third-order valence-electron chi connectivity index (χ3n) is 3.80. The van der Waals surface area contributed by atoms with Gasteiger partial charge in [-0.15, -0.1) is 0 Å². The molecule has 0 aliphatic carbocycles. The molecule has 1 N–H and O–H groups in total. The first-order valence-corrected chi connectivity index (χ1v) is 7.67. The van der Waals surface area contributed by atoms with Gasteiger partial charge in [-0.1, -0.05) is 25.1 Å². The molecule has 0 amide bonds. The fraction of sp³-hybridized carbons (Fsp3) is 0.375.